The summed E-state index contributed by atoms with van der Waals surface area (Å²) in [6, 6.07) is 13.2. The van der Waals surface area contributed by atoms with Gasteiger partial charge in [-0.05, 0) is 86.8 Å². The largest absolute Gasteiger partial charge is 0.494 e. The fourth-order valence-corrected chi connectivity index (χ4v) is 4.78. The van der Waals surface area contributed by atoms with Crippen LogP contribution in [0.15, 0.2) is 66.7 Å². The van der Waals surface area contributed by atoms with Gasteiger partial charge in [-0.1, -0.05) is 36.4 Å². The van der Waals surface area contributed by atoms with Gasteiger partial charge in [0.15, 0.2) is 11.6 Å². The lowest BCUT2D eigenvalue weighted by atomic mass is 9.78. The van der Waals surface area contributed by atoms with E-state index in [1.54, 1.807) is 19.1 Å². The molecule has 3 aromatic carbocycles. The van der Waals surface area contributed by atoms with Gasteiger partial charge >= 0.3 is 5.97 Å². The van der Waals surface area contributed by atoms with Crippen molar-refractivity contribution in [3.8, 4) is 22.6 Å². The Morgan fingerprint density at radius 2 is 1.61 bits per heavy atom. The fourth-order valence-electron chi connectivity index (χ4n) is 4.78. The first-order chi connectivity index (χ1) is 17.4. The topological polar surface area (TPSA) is 35.5 Å². The number of rotatable bonds is 7. The third kappa shape index (κ3) is 5.64. The monoisotopic (exact) mass is 494 g/mol. The maximum atomic E-state index is 15.0. The van der Waals surface area contributed by atoms with E-state index in [4.69, 9.17) is 9.47 Å². The van der Waals surface area contributed by atoms with Crippen LogP contribution in [-0.4, -0.2) is 12.6 Å². The van der Waals surface area contributed by atoms with E-state index in [1.807, 2.05) is 13.0 Å². The van der Waals surface area contributed by atoms with Crippen LogP contribution in [0.2, 0.25) is 0 Å². The molecule has 1 saturated carbocycles. The predicted molar refractivity (Wildman–Crippen MR) is 134 cm³/mol. The Morgan fingerprint density at radius 1 is 0.917 bits per heavy atom. The molecule has 0 heterocycles. The van der Waals surface area contributed by atoms with E-state index in [9.17, 15) is 9.18 Å². The lowest BCUT2D eigenvalue weighted by Crippen LogP contribution is -2.13. The summed E-state index contributed by atoms with van der Waals surface area (Å²) in [5.74, 6) is -2.31. The maximum absolute atomic E-state index is 15.0. The van der Waals surface area contributed by atoms with Gasteiger partial charge in [-0.3, -0.25) is 0 Å². The van der Waals surface area contributed by atoms with Crippen LogP contribution in [0.25, 0.3) is 11.1 Å². The highest BCUT2D eigenvalue weighted by molar-refractivity contribution is 5.91. The highest BCUT2D eigenvalue weighted by atomic mass is 19.2. The van der Waals surface area contributed by atoms with E-state index in [0.717, 1.165) is 31.7 Å². The summed E-state index contributed by atoms with van der Waals surface area (Å²) in [7, 11) is 0. The van der Waals surface area contributed by atoms with Crippen LogP contribution >= 0.6 is 0 Å². The zero-order valence-electron chi connectivity index (χ0n) is 20.4. The summed E-state index contributed by atoms with van der Waals surface area (Å²) < 4.78 is 54.8. The number of allylic oxidation sites excluding steroid dienone is 2. The van der Waals surface area contributed by atoms with Crippen molar-refractivity contribution in [3.05, 3.63) is 95.3 Å². The Bertz CT molecular complexity index is 1240. The molecule has 1 aliphatic rings. The first-order valence-electron chi connectivity index (χ1n) is 12.3. The Kier molecular flexibility index (Phi) is 8.14. The molecule has 4 rings (SSSR count). The molecule has 0 unspecified atom stereocenters. The van der Waals surface area contributed by atoms with E-state index in [1.165, 1.54) is 36.4 Å². The van der Waals surface area contributed by atoms with E-state index >= 15 is 8.78 Å². The molecule has 0 aliphatic heterocycles. The summed E-state index contributed by atoms with van der Waals surface area (Å²) in [6.07, 6.45) is 7.84. The molecule has 0 saturated heterocycles. The van der Waals surface area contributed by atoms with Gasteiger partial charge in [-0.25, -0.2) is 18.0 Å². The summed E-state index contributed by atoms with van der Waals surface area (Å²) in [5, 5.41) is 0. The van der Waals surface area contributed by atoms with E-state index in [2.05, 4.69) is 6.08 Å². The molecule has 0 spiro atoms. The van der Waals surface area contributed by atoms with Gasteiger partial charge in [0.05, 0.1) is 12.2 Å². The Labute approximate surface area is 209 Å². The minimum Gasteiger partial charge on any atom is -0.494 e. The lowest BCUT2D eigenvalue weighted by Gasteiger charge is -2.27. The normalized spacial score (nSPS) is 17.8. The fraction of sp³-hybridized carbons (Fsp3) is 0.300. The molecule has 0 aromatic heterocycles. The van der Waals surface area contributed by atoms with Crippen LogP contribution in [-0.2, 0) is 0 Å². The predicted octanol–water partition coefficient (Wildman–Crippen LogP) is 8.24. The van der Waals surface area contributed by atoms with Crippen molar-refractivity contribution in [1.29, 1.82) is 0 Å². The molecule has 1 fully saturated rings. The number of benzene rings is 3. The van der Waals surface area contributed by atoms with Gasteiger partial charge in [0, 0.05) is 11.6 Å². The summed E-state index contributed by atoms with van der Waals surface area (Å²) in [6.45, 7) is 4.15. The number of hydrogen-bond acceptors (Lipinski definition) is 3. The van der Waals surface area contributed by atoms with Crippen molar-refractivity contribution in [2.75, 3.05) is 6.61 Å². The van der Waals surface area contributed by atoms with Crippen LogP contribution in [0.3, 0.4) is 0 Å². The molecule has 0 amide bonds. The zero-order valence-corrected chi connectivity index (χ0v) is 20.4. The number of carbonyl (C=O) groups is 1. The number of halogens is 3. The Morgan fingerprint density at radius 3 is 2.25 bits per heavy atom. The first-order valence-corrected chi connectivity index (χ1v) is 12.3. The van der Waals surface area contributed by atoms with E-state index < -0.39 is 23.4 Å². The number of esters is 1. The molecule has 0 radical (unpaired) electrons. The summed E-state index contributed by atoms with van der Waals surface area (Å²) in [4.78, 5) is 12.4. The second kappa shape index (κ2) is 11.5. The van der Waals surface area contributed by atoms with Crippen LogP contribution in [0.1, 0.15) is 61.4 Å². The maximum Gasteiger partial charge on any atom is 0.346 e. The van der Waals surface area contributed by atoms with Crippen molar-refractivity contribution in [3.63, 3.8) is 0 Å². The molecular weight excluding hydrogens is 465 g/mol. The molecule has 188 valence electrons. The van der Waals surface area contributed by atoms with Crippen LogP contribution in [0, 0.1) is 23.4 Å². The van der Waals surface area contributed by atoms with Gasteiger partial charge < -0.3 is 9.47 Å². The Balaban J connectivity index is 1.46. The third-order valence-corrected chi connectivity index (χ3v) is 6.64. The smallest absolute Gasteiger partial charge is 0.346 e. The van der Waals surface area contributed by atoms with Gasteiger partial charge in [-0.2, -0.15) is 0 Å². The minimum atomic E-state index is -0.885. The second-order valence-corrected chi connectivity index (χ2v) is 8.96. The molecule has 1 aliphatic carbocycles. The van der Waals surface area contributed by atoms with Gasteiger partial charge in [-0.15, -0.1) is 0 Å². The highest BCUT2D eigenvalue weighted by Crippen LogP contribution is 2.39. The van der Waals surface area contributed by atoms with Crippen LogP contribution in [0.5, 0.6) is 11.5 Å². The number of hydrogen-bond donors (Lipinski definition) is 0. The number of ether oxygens (including phenoxy) is 2. The zero-order chi connectivity index (χ0) is 25.7. The van der Waals surface area contributed by atoms with Crippen molar-refractivity contribution in [2.24, 2.45) is 5.92 Å². The van der Waals surface area contributed by atoms with Crippen LogP contribution in [0.4, 0.5) is 13.2 Å². The molecule has 0 bridgehead atoms. The van der Waals surface area contributed by atoms with E-state index in [-0.39, 0.29) is 22.8 Å². The lowest BCUT2D eigenvalue weighted by molar-refractivity contribution is 0.0730. The molecule has 3 aromatic rings. The second-order valence-electron chi connectivity index (χ2n) is 8.96. The molecule has 6 heteroatoms. The molecule has 3 nitrogen and oxygen atoms in total. The third-order valence-electron chi connectivity index (χ3n) is 6.64. The molecule has 0 N–H and O–H groups in total. The molecule has 36 heavy (non-hydrogen) atoms. The summed E-state index contributed by atoms with van der Waals surface area (Å²) >= 11 is 0. The first kappa shape index (κ1) is 25.5. The minimum absolute atomic E-state index is 0.0137. The number of carbonyl (C=O) groups excluding carboxylic acids is 1. The van der Waals surface area contributed by atoms with Crippen molar-refractivity contribution in [1.82, 2.24) is 0 Å². The van der Waals surface area contributed by atoms with Gasteiger partial charge in [0.1, 0.15) is 17.3 Å². The quantitative estimate of drug-likeness (QED) is 0.188. The molecular formula is C30H29F3O3. The Hall–Kier alpha value is -3.54. The SMILES string of the molecule is C/C=C/C1CCC(c2ccc(-c3ccc(OC(=O)c4ccc(OCC)cc4F)cc3)c(F)c2F)CC1. The average molecular weight is 495 g/mol. The van der Waals surface area contributed by atoms with Gasteiger partial charge in [0.2, 0.25) is 0 Å². The summed E-state index contributed by atoms with van der Waals surface area (Å²) in [5.41, 5.74) is 0.778. The molecule has 0 atom stereocenters. The van der Waals surface area contributed by atoms with Crippen LogP contribution < -0.4 is 9.47 Å². The van der Waals surface area contributed by atoms with E-state index in [0.29, 0.717) is 29.4 Å². The standard InChI is InChI=1S/C30H29F3O3/c1-3-5-19-6-8-20(9-7-19)24-16-17-25(29(33)28(24)32)21-10-12-22(13-11-21)36-30(34)26-15-14-23(35-4-2)18-27(26)31/h3,5,10-20H,4,6-9H2,1-2H3/b5-3+. The average Bonchev–Trinajstić information content (AvgIpc) is 2.87. The van der Waals surface area contributed by atoms with Crippen molar-refractivity contribution < 1.29 is 27.4 Å². The van der Waals surface area contributed by atoms with Gasteiger partial charge in [0.25, 0.3) is 0 Å². The van der Waals surface area contributed by atoms with Crippen molar-refractivity contribution >= 4 is 5.97 Å². The van der Waals surface area contributed by atoms with Crippen molar-refractivity contribution in [2.45, 2.75) is 45.4 Å². The highest BCUT2D eigenvalue weighted by Gasteiger charge is 2.25.